The Morgan fingerprint density at radius 1 is 1.44 bits per heavy atom. The molecule has 0 fully saturated rings. The van der Waals surface area contributed by atoms with Gasteiger partial charge in [-0.3, -0.25) is 0 Å². The van der Waals surface area contributed by atoms with E-state index in [0.717, 1.165) is 5.52 Å². The first kappa shape index (κ1) is 12.8. The number of hydrogen-bond acceptors (Lipinski definition) is 3. The van der Waals surface area contributed by atoms with E-state index in [1.165, 1.54) is 12.1 Å². The van der Waals surface area contributed by atoms with Gasteiger partial charge in [-0.15, -0.1) is 0 Å². The van der Waals surface area contributed by atoms with Crippen molar-refractivity contribution in [2.24, 2.45) is 5.92 Å². The zero-order valence-corrected chi connectivity index (χ0v) is 10.8. The molecular weight excluding hydrogens is 233 g/mol. The smallest absolute Gasteiger partial charge is 0.201 e. The molecule has 1 heterocycles. The van der Waals surface area contributed by atoms with Crippen molar-refractivity contribution in [1.82, 2.24) is 9.97 Å². The number of nitrogens with zero attached hydrogens (tertiary/aromatic N) is 1. The molecule has 0 radical (unpaired) electrons. The number of methoxy groups -OCH3 is 1. The summed E-state index contributed by atoms with van der Waals surface area (Å²) in [6.07, 6.45) is 0. The van der Waals surface area contributed by atoms with Crippen LogP contribution in [0.25, 0.3) is 11.0 Å². The second-order valence-electron chi connectivity index (χ2n) is 4.70. The summed E-state index contributed by atoms with van der Waals surface area (Å²) in [7, 11) is 1.67. The summed E-state index contributed by atoms with van der Waals surface area (Å²) in [4.78, 5) is 7.43. The summed E-state index contributed by atoms with van der Waals surface area (Å²) in [5.41, 5.74) is 1.44. The average Bonchev–Trinajstić information content (AvgIpc) is 2.69. The fourth-order valence-corrected chi connectivity index (χ4v) is 1.81. The Kier molecular flexibility index (Phi) is 3.81. The van der Waals surface area contributed by atoms with Crippen molar-refractivity contribution in [3.63, 3.8) is 0 Å². The van der Waals surface area contributed by atoms with Gasteiger partial charge in [0.15, 0.2) is 0 Å². The summed E-state index contributed by atoms with van der Waals surface area (Å²) in [6, 6.07) is 4.67. The number of ether oxygens (including phenoxy) is 1. The number of halogens is 1. The first-order valence-corrected chi connectivity index (χ1v) is 6.01. The average molecular weight is 251 g/mol. The molecule has 1 unspecified atom stereocenters. The lowest BCUT2D eigenvalue weighted by Gasteiger charge is -2.20. The Bertz CT molecular complexity index is 524. The van der Waals surface area contributed by atoms with Gasteiger partial charge in [0.1, 0.15) is 5.82 Å². The van der Waals surface area contributed by atoms with Gasteiger partial charge in [0.2, 0.25) is 5.95 Å². The molecule has 0 saturated carbocycles. The molecule has 2 aromatic rings. The van der Waals surface area contributed by atoms with E-state index in [-0.39, 0.29) is 11.9 Å². The number of aromatic nitrogens is 2. The molecule has 0 amide bonds. The minimum absolute atomic E-state index is 0.167. The third-order valence-corrected chi connectivity index (χ3v) is 2.92. The van der Waals surface area contributed by atoms with Crippen LogP contribution in [-0.2, 0) is 4.74 Å². The zero-order chi connectivity index (χ0) is 13.1. The molecule has 2 N–H and O–H groups in total. The van der Waals surface area contributed by atoms with Crippen LogP contribution in [-0.4, -0.2) is 29.7 Å². The zero-order valence-electron chi connectivity index (χ0n) is 10.8. The molecule has 5 heteroatoms. The fraction of sp³-hybridized carbons (Fsp3) is 0.462. The maximum atomic E-state index is 13.1. The highest BCUT2D eigenvalue weighted by Gasteiger charge is 2.14. The van der Waals surface area contributed by atoms with Gasteiger partial charge in [-0.2, -0.15) is 0 Å². The second kappa shape index (κ2) is 5.35. The molecule has 0 spiro atoms. The van der Waals surface area contributed by atoms with E-state index in [1.807, 2.05) is 0 Å². The number of fused-ring (bicyclic) bond motifs is 1. The van der Waals surface area contributed by atoms with Gasteiger partial charge in [-0.05, 0) is 24.1 Å². The van der Waals surface area contributed by atoms with Crippen LogP contribution in [0, 0.1) is 11.7 Å². The first-order valence-electron chi connectivity index (χ1n) is 6.01. The second-order valence-corrected chi connectivity index (χ2v) is 4.70. The van der Waals surface area contributed by atoms with Crippen molar-refractivity contribution < 1.29 is 9.13 Å². The standard InChI is InChI=1S/C13H18FN3O/c1-8(2)12(7-18-3)17-13-15-10-5-4-9(14)6-11(10)16-13/h4-6,8,12H,7H2,1-3H3,(H2,15,16,17). The maximum Gasteiger partial charge on any atom is 0.201 e. The van der Waals surface area contributed by atoms with Gasteiger partial charge in [0.05, 0.1) is 23.7 Å². The number of benzene rings is 1. The highest BCUT2D eigenvalue weighted by atomic mass is 19.1. The Morgan fingerprint density at radius 2 is 2.22 bits per heavy atom. The number of hydrogen-bond donors (Lipinski definition) is 2. The van der Waals surface area contributed by atoms with Gasteiger partial charge >= 0.3 is 0 Å². The number of nitrogens with one attached hydrogen (secondary N) is 2. The van der Waals surface area contributed by atoms with Crippen LogP contribution in [0.2, 0.25) is 0 Å². The summed E-state index contributed by atoms with van der Waals surface area (Å²) >= 11 is 0. The van der Waals surface area contributed by atoms with Crippen molar-refractivity contribution in [2.75, 3.05) is 19.0 Å². The van der Waals surface area contributed by atoms with E-state index >= 15 is 0 Å². The normalized spacial score (nSPS) is 13.2. The summed E-state index contributed by atoms with van der Waals surface area (Å²) in [5, 5.41) is 3.27. The molecule has 0 aliphatic rings. The quantitative estimate of drug-likeness (QED) is 0.859. The molecule has 18 heavy (non-hydrogen) atoms. The van der Waals surface area contributed by atoms with Crippen molar-refractivity contribution >= 4 is 17.0 Å². The highest BCUT2D eigenvalue weighted by molar-refractivity contribution is 5.77. The minimum Gasteiger partial charge on any atom is -0.383 e. The Morgan fingerprint density at radius 3 is 2.89 bits per heavy atom. The Labute approximate surface area is 106 Å². The van der Waals surface area contributed by atoms with Crippen LogP contribution in [0.3, 0.4) is 0 Å². The van der Waals surface area contributed by atoms with Crippen LogP contribution in [0.15, 0.2) is 18.2 Å². The lowest BCUT2D eigenvalue weighted by molar-refractivity contribution is 0.171. The van der Waals surface area contributed by atoms with Crippen LogP contribution in [0.4, 0.5) is 10.3 Å². The van der Waals surface area contributed by atoms with Crippen LogP contribution >= 0.6 is 0 Å². The van der Waals surface area contributed by atoms with Crippen LogP contribution in [0.5, 0.6) is 0 Å². The highest BCUT2D eigenvalue weighted by Crippen LogP contribution is 2.17. The molecular formula is C13H18FN3O. The predicted octanol–water partition coefficient (Wildman–Crippen LogP) is 2.78. The molecule has 0 aliphatic heterocycles. The molecule has 0 bridgehead atoms. The van der Waals surface area contributed by atoms with E-state index in [4.69, 9.17) is 4.74 Å². The van der Waals surface area contributed by atoms with Crippen LogP contribution in [0.1, 0.15) is 13.8 Å². The lowest BCUT2D eigenvalue weighted by Crippen LogP contribution is -2.30. The molecule has 0 aliphatic carbocycles. The summed E-state index contributed by atoms with van der Waals surface area (Å²) in [5.74, 6) is 0.788. The number of imidazole rings is 1. The largest absolute Gasteiger partial charge is 0.383 e. The monoisotopic (exact) mass is 251 g/mol. The van der Waals surface area contributed by atoms with Crippen molar-refractivity contribution in [3.05, 3.63) is 24.0 Å². The molecule has 98 valence electrons. The fourth-order valence-electron chi connectivity index (χ4n) is 1.81. The first-order chi connectivity index (χ1) is 8.60. The Balaban J connectivity index is 2.20. The van der Waals surface area contributed by atoms with Crippen LogP contribution < -0.4 is 5.32 Å². The number of anilines is 1. The molecule has 0 saturated heterocycles. The Hall–Kier alpha value is -1.62. The van der Waals surface area contributed by atoms with Crippen molar-refractivity contribution in [1.29, 1.82) is 0 Å². The molecule has 1 aromatic heterocycles. The van der Waals surface area contributed by atoms with E-state index in [9.17, 15) is 4.39 Å². The molecule has 2 rings (SSSR count). The number of H-pyrrole nitrogens is 1. The summed E-state index contributed by atoms with van der Waals surface area (Å²) < 4.78 is 18.2. The topological polar surface area (TPSA) is 49.9 Å². The van der Waals surface area contributed by atoms with Gasteiger partial charge in [-0.25, -0.2) is 9.37 Å². The van der Waals surface area contributed by atoms with Gasteiger partial charge in [-0.1, -0.05) is 13.8 Å². The lowest BCUT2D eigenvalue weighted by atomic mass is 10.1. The van der Waals surface area contributed by atoms with E-state index in [2.05, 4.69) is 29.1 Å². The van der Waals surface area contributed by atoms with E-state index in [1.54, 1.807) is 13.2 Å². The van der Waals surface area contributed by atoms with Gasteiger partial charge in [0, 0.05) is 7.11 Å². The van der Waals surface area contributed by atoms with Crippen molar-refractivity contribution in [2.45, 2.75) is 19.9 Å². The maximum absolute atomic E-state index is 13.1. The van der Waals surface area contributed by atoms with Crippen molar-refractivity contribution in [3.8, 4) is 0 Å². The third kappa shape index (κ3) is 2.79. The molecule has 4 nitrogen and oxygen atoms in total. The van der Waals surface area contributed by atoms with E-state index in [0.29, 0.717) is 24.0 Å². The SMILES string of the molecule is COCC(Nc1nc2ccc(F)cc2[nH]1)C(C)C. The molecule has 1 aromatic carbocycles. The molecule has 1 atom stereocenters. The predicted molar refractivity (Wildman–Crippen MR) is 70.2 cm³/mol. The third-order valence-electron chi connectivity index (χ3n) is 2.92. The number of rotatable bonds is 5. The minimum atomic E-state index is -0.269. The number of aromatic amines is 1. The summed E-state index contributed by atoms with van der Waals surface area (Å²) in [6.45, 7) is 4.82. The van der Waals surface area contributed by atoms with Gasteiger partial charge in [0.25, 0.3) is 0 Å². The van der Waals surface area contributed by atoms with Gasteiger partial charge < -0.3 is 15.0 Å². The van der Waals surface area contributed by atoms with E-state index < -0.39 is 0 Å².